The van der Waals surface area contributed by atoms with E-state index in [-0.39, 0.29) is 31.4 Å². The zero-order chi connectivity index (χ0) is 21.1. The van der Waals surface area contributed by atoms with Crippen molar-refractivity contribution >= 4 is 18.0 Å². The molecule has 7 nitrogen and oxygen atoms in total. The number of alkyl carbamates (subject to hydrolysis) is 1. The lowest BCUT2D eigenvalue weighted by Gasteiger charge is -2.23. The maximum absolute atomic E-state index is 12.6. The number of hydrogen-bond donors (Lipinski definition) is 1. The molecule has 0 radical (unpaired) electrons. The fourth-order valence-electron chi connectivity index (χ4n) is 3.29. The van der Waals surface area contributed by atoms with Crippen LogP contribution in [0, 0.1) is 0 Å². The monoisotopic (exact) mass is 404 g/mol. The molecule has 160 valence electrons. The Labute approximate surface area is 172 Å². The summed E-state index contributed by atoms with van der Waals surface area (Å²) >= 11 is 0. The number of carbonyl (C=O) groups excluding carboxylic acids is 3. The smallest absolute Gasteiger partial charge is 0.407 e. The minimum Gasteiger partial charge on any atom is -0.459 e. The van der Waals surface area contributed by atoms with Gasteiger partial charge in [-0.25, -0.2) is 9.59 Å². The number of likely N-dealkylation sites (tertiary alicyclic amines) is 1. The van der Waals surface area contributed by atoms with Gasteiger partial charge in [-0.05, 0) is 38.2 Å². The normalized spacial score (nSPS) is 16.9. The zero-order valence-electron chi connectivity index (χ0n) is 17.4. The van der Waals surface area contributed by atoms with Crippen LogP contribution in [-0.4, -0.2) is 48.1 Å². The molecular weight excluding hydrogens is 372 g/mol. The molecule has 0 saturated carbocycles. The van der Waals surface area contributed by atoms with E-state index >= 15 is 0 Å². The van der Waals surface area contributed by atoms with Crippen molar-refractivity contribution in [2.45, 2.75) is 71.1 Å². The number of hydrogen-bond acceptors (Lipinski definition) is 5. The lowest BCUT2D eigenvalue weighted by Crippen LogP contribution is -2.43. The predicted octanol–water partition coefficient (Wildman–Crippen LogP) is 3.42. The summed E-state index contributed by atoms with van der Waals surface area (Å²) < 4.78 is 10.5. The third-order valence-corrected chi connectivity index (χ3v) is 5.05. The second-order valence-electron chi connectivity index (χ2n) is 7.40. The molecule has 1 heterocycles. The lowest BCUT2D eigenvalue weighted by molar-refractivity contribution is -0.147. The van der Waals surface area contributed by atoms with Crippen molar-refractivity contribution in [3.63, 3.8) is 0 Å². The highest BCUT2D eigenvalue weighted by Crippen LogP contribution is 2.18. The molecule has 29 heavy (non-hydrogen) atoms. The molecule has 1 N–H and O–H groups in total. The summed E-state index contributed by atoms with van der Waals surface area (Å²) in [5.41, 5.74) is 0.854. The molecule has 1 aromatic carbocycles. The van der Waals surface area contributed by atoms with Crippen molar-refractivity contribution in [1.29, 1.82) is 0 Å². The first-order valence-electron chi connectivity index (χ1n) is 10.4. The molecule has 0 aromatic heterocycles. The first kappa shape index (κ1) is 22.7. The molecule has 2 rings (SSSR count). The molecule has 2 unspecified atom stereocenters. The first-order valence-corrected chi connectivity index (χ1v) is 10.4. The van der Waals surface area contributed by atoms with Crippen molar-refractivity contribution in [2.24, 2.45) is 0 Å². The molecule has 2 atom stereocenters. The van der Waals surface area contributed by atoms with E-state index in [9.17, 15) is 14.4 Å². The van der Waals surface area contributed by atoms with Gasteiger partial charge in [0.15, 0.2) is 0 Å². The van der Waals surface area contributed by atoms with E-state index in [2.05, 4.69) is 5.32 Å². The van der Waals surface area contributed by atoms with Crippen LogP contribution in [0.25, 0.3) is 0 Å². The average molecular weight is 405 g/mol. The summed E-state index contributed by atoms with van der Waals surface area (Å²) in [7, 11) is 0. The number of ether oxygens (including phenoxy) is 2. The molecule has 1 aliphatic heterocycles. The SMILES string of the molecule is CCCCOC(=O)NC(CCC(=O)N1CCCC1C)C(=O)OCc1ccccc1. The molecule has 1 aliphatic rings. The third kappa shape index (κ3) is 7.75. The zero-order valence-corrected chi connectivity index (χ0v) is 17.4. The number of carbonyl (C=O) groups is 3. The number of esters is 1. The Morgan fingerprint density at radius 2 is 1.97 bits per heavy atom. The van der Waals surface area contributed by atoms with Gasteiger partial charge in [0, 0.05) is 19.0 Å². The van der Waals surface area contributed by atoms with Gasteiger partial charge in [-0.2, -0.15) is 0 Å². The third-order valence-electron chi connectivity index (χ3n) is 5.05. The molecule has 0 aliphatic carbocycles. The molecule has 1 aromatic rings. The maximum atomic E-state index is 12.6. The standard InChI is InChI=1S/C22H32N2O5/c1-3-4-15-28-22(27)23-19(12-13-20(25)24-14-8-9-17(24)2)21(26)29-16-18-10-6-5-7-11-18/h5-7,10-11,17,19H,3-4,8-9,12-16H2,1-2H3,(H,23,27). The fraction of sp³-hybridized carbons (Fsp3) is 0.591. The number of unbranched alkanes of at least 4 members (excludes halogenated alkanes) is 1. The van der Waals surface area contributed by atoms with E-state index in [4.69, 9.17) is 9.47 Å². The Morgan fingerprint density at radius 3 is 2.62 bits per heavy atom. The summed E-state index contributed by atoms with van der Waals surface area (Å²) in [6.07, 6.45) is 3.33. The van der Waals surface area contributed by atoms with Gasteiger partial charge in [-0.3, -0.25) is 4.79 Å². The van der Waals surface area contributed by atoms with Crippen LogP contribution in [0.3, 0.4) is 0 Å². The number of nitrogens with zero attached hydrogens (tertiary/aromatic N) is 1. The van der Waals surface area contributed by atoms with Crippen LogP contribution in [0.4, 0.5) is 4.79 Å². The summed E-state index contributed by atoms with van der Waals surface area (Å²) in [6.45, 7) is 5.17. The van der Waals surface area contributed by atoms with Gasteiger partial charge < -0.3 is 19.7 Å². The Morgan fingerprint density at radius 1 is 1.21 bits per heavy atom. The van der Waals surface area contributed by atoms with Crippen molar-refractivity contribution in [1.82, 2.24) is 10.2 Å². The number of benzene rings is 1. The molecule has 0 bridgehead atoms. The molecular formula is C22H32N2O5. The molecule has 1 fully saturated rings. The summed E-state index contributed by atoms with van der Waals surface area (Å²) in [5, 5.41) is 2.56. The van der Waals surface area contributed by atoms with Gasteiger partial charge in [0.25, 0.3) is 0 Å². The Balaban J connectivity index is 1.91. The highest BCUT2D eigenvalue weighted by molar-refractivity contribution is 5.83. The van der Waals surface area contributed by atoms with Crippen molar-refractivity contribution in [3.05, 3.63) is 35.9 Å². The van der Waals surface area contributed by atoms with Crippen LogP contribution in [0.1, 0.15) is 57.9 Å². The van der Waals surface area contributed by atoms with Crippen molar-refractivity contribution < 1.29 is 23.9 Å². The maximum Gasteiger partial charge on any atom is 0.407 e. The van der Waals surface area contributed by atoms with Crippen molar-refractivity contribution in [2.75, 3.05) is 13.2 Å². The number of amides is 2. The van der Waals surface area contributed by atoms with E-state index < -0.39 is 18.1 Å². The molecule has 1 saturated heterocycles. The second-order valence-corrected chi connectivity index (χ2v) is 7.40. The van der Waals surface area contributed by atoms with E-state index in [0.29, 0.717) is 6.61 Å². The number of rotatable bonds is 10. The lowest BCUT2D eigenvalue weighted by atomic mass is 10.1. The van der Waals surface area contributed by atoms with E-state index in [1.165, 1.54) is 0 Å². The Kier molecular flexibility index (Phi) is 9.47. The van der Waals surface area contributed by atoms with Gasteiger partial charge in [0.05, 0.1) is 6.61 Å². The van der Waals surface area contributed by atoms with Gasteiger partial charge in [0.2, 0.25) is 5.91 Å². The van der Waals surface area contributed by atoms with Gasteiger partial charge >= 0.3 is 12.1 Å². The largest absolute Gasteiger partial charge is 0.459 e. The molecule has 2 amide bonds. The van der Waals surface area contributed by atoms with Crippen LogP contribution in [0.2, 0.25) is 0 Å². The Hall–Kier alpha value is -2.57. The quantitative estimate of drug-likeness (QED) is 0.477. The van der Waals surface area contributed by atoms with Gasteiger partial charge in [-0.1, -0.05) is 43.7 Å². The Bertz CT molecular complexity index is 664. The first-order chi connectivity index (χ1) is 14.0. The van der Waals surface area contributed by atoms with Crippen LogP contribution < -0.4 is 5.32 Å². The average Bonchev–Trinajstić information content (AvgIpc) is 3.16. The van der Waals surface area contributed by atoms with Crippen LogP contribution >= 0.6 is 0 Å². The van der Waals surface area contributed by atoms with Crippen molar-refractivity contribution in [3.8, 4) is 0 Å². The predicted molar refractivity (Wildman–Crippen MR) is 109 cm³/mol. The van der Waals surface area contributed by atoms with E-state index in [1.54, 1.807) is 0 Å². The fourth-order valence-corrected chi connectivity index (χ4v) is 3.29. The van der Waals surface area contributed by atoms with Gasteiger partial charge in [0.1, 0.15) is 12.6 Å². The summed E-state index contributed by atoms with van der Waals surface area (Å²) in [5.74, 6) is -0.569. The van der Waals surface area contributed by atoms with Crippen LogP contribution in [0.5, 0.6) is 0 Å². The van der Waals surface area contributed by atoms with E-state index in [1.807, 2.05) is 49.1 Å². The topological polar surface area (TPSA) is 84.9 Å². The van der Waals surface area contributed by atoms with Crippen LogP contribution in [0.15, 0.2) is 30.3 Å². The summed E-state index contributed by atoms with van der Waals surface area (Å²) in [4.78, 5) is 38.9. The highest BCUT2D eigenvalue weighted by atomic mass is 16.6. The molecule has 0 spiro atoms. The number of nitrogens with one attached hydrogen (secondary N) is 1. The second kappa shape index (κ2) is 12.1. The van der Waals surface area contributed by atoms with Gasteiger partial charge in [-0.15, -0.1) is 0 Å². The minimum absolute atomic E-state index is 0.00277. The summed E-state index contributed by atoms with van der Waals surface area (Å²) in [6, 6.07) is 8.61. The minimum atomic E-state index is -0.922. The van der Waals surface area contributed by atoms with Crippen LogP contribution in [-0.2, 0) is 25.7 Å². The van der Waals surface area contributed by atoms with E-state index in [0.717, 1.165) is 37.8 Å². The molecule has 7 heteroatoms. The highest BCUT2D eigenvalue weighted by Gasteiger charge is 2.28.